The van der Waals surface area contributed by atoms with Gasteiger partial charge in [-0.15, -0.1) is 23.4 Å². The highest BCUT2D eigenvalue weighted by atomic mass is 35.5. The van der Waals surface area contributed by atoms with Gasteiger partial charge in [0.25, 0.3) is 0 Å². The molecule has 0 saturated carbocycles. The van der Waals surface area contributed by atoms with Crippen molar-refractivity contribution in [1.82, 2.24) is 9.80 Å². The first-order chi connectivity index (χ1) is 9.85. The van der Waals surface area contributed by atoms with E-state index >= 15 is 0 Å². The van der Waals surface area contributed by atoms with Gasteiger partial charge in [-0.1, -0.05) is 13.8 Å². The summed E-state index contributed by atoms with van der Waals surface area (Å²) < 4.78 is 0. The normalized spacial score (nSPS) is 22.9. The van der Waals surface area contributed by atoms with Crippen molar-refractivity contribution in [2.45, 2.75) is 50.3 Å². The summed E-state index contributed by atoms with van der Waals surface area (Å²) in [6, 6.07) is 0. The zero-order chi connectivity index (χ0) is 15.6. The van der Waals surface area contributed by atoms with E-state index in [-0.39, 0.29) is 16.7 Å². The maximum atomic E-state index is 12.5. The van der Waals surface area contributed by atoms with Crippen LogP contribution in [0.4, 0.5) is 0 Å². The fraction of sp³-hybridized carbons (Fsp3) is 0.867. The molecular weight excluding hydrogens is 308 g/mol. The minimum absolute atomic E-state index is 0.00886. The van der Waals surface area contributed by atoms with Crippen molar-refractivity contribution >= 4 is 35.2 Å². The first kappa shape index (κ1) is 16.9. The molecule has 0 N–H and O–H groups in total. The first-order valence-electron chi connectivity index (χ1n) is 7.73. The van der Waals surface area contributed by atoms with Gasteiger partial charge in [0.05, 0.1) is 4.87 Å². The minimum Gasteiger partial charge on any atom is -0.341 e. The third-order valence-corrected chi connectivity index (χ3v) is 6.00. The molecule has 0 aromatic rings. The quantitative estimate of drug-likeness (QED) is 0.746. The van der Waals surface area contributed by atoms with Gasteiger partial charge >= 0.3 is 0 Å². The predicted octanol–water partition coefficient (Wildman–Crippen LogP) is 2.55. The lowest BCUT2D eigenvalue weighted by molar-refractivity contribution is -0.137. The smallest absolute Gasteiger partial charge is 0.240 e. The van der Waals surface area contributed by atoms with Crippen LogP contribution >= 0.6 is 23.4 Å². The Kier molecular flexibility index (Phi) is 5.47. The van der Waals surface area contributed by atoms with Gasteiger partial charge in [0, 0.05) is 31.8 Å². The molecule has 2 rings (SSSR count). The SMILES string of the molecule is CC(C)CC(=O)N1CCSC12CCN(C(=O)[C@@H](C)Cl)CC2. The first-order valence-corrected chi connectivity index (χ1v) is 9.15. The number of piperidine rings is 1. The highest BCUT2D eigenvalue weighted by Gasteiger charge is 2.46. The number of carbonyl (C=O) groups is 2. The molecule has 0 bridgehead atoms. The van der Waals surface area contributed by atoms with Gasteiger partial charge in [-0.3, -0.25) is 9.59 Å². The minimum atomic E-state index is -0.464. The number of thioether (sulfide) groups is 1. The van der Waals surface area contributed by atoms with Gasteiger partial charge in [-0.05, 0) is 25.7 Å². The van der Waals surface area contributed by atoms with Crippen molar-refractivity contribution in [1.29, 1.82) is 0 Å². The van der Waals surface area contributed by atoms with E-state index in [1.54, 1.807) is 6.92 Å². The van der Waals surface area contributed by atoms with Crippen molar-refractivity contribution in [2.24, 2.45) is 5.92 Å². The average molecular weight is 333 g/mol. The maximum absolute atomic E-state index is 12.5. The molecule has 0 unspecified atom stereocenters. The number of nitrogens with zero attached hydrogens (tertiary/aromatic N) is 2. The van der Waals surface area contributed by atoms with Crippen molar-refractivity contribution < 1.29 is 9.59 Å². The van der Waals surface area contributed by atoms with E-state index < -0.39 is 5.38 Å². The maximum Gasteiger partial charge on any atom is 0.240 e. The Labute approximate surface area is 136 Å². The van der Waals surface area contributed by atoms with Gasteiger partial charge in [0.1, 0.15) is 5.38 Å². The standard InChI is InChI=1S/C15H25ClN2O2S/c1-11(2)10-13(19)18-8-9-21-15(18)4-6-17(7-5-15)14(20)12(3)16/h11-12H,4-10H2,1-3H3/t12-/m1/s1. The summed E-state index contributed by atoms with van der Waals surface area (Å²) in [6.45, 7) is 8.13. The Morgan fingerprint density at radius 1 is 1.19 bits per heavy atom. The fourth-order valence-electron chi connectivity index (χ4n) is 3.16. The van der Waals surface area contributed by atoms with E-state index in [4.69, 9.17) is 11.6 Å². The number of carbonyl (C=O) groups excluding carboxylic acids is 2. The summed E-state index contributed by atoms with van der Waals surface area (Å²) in [4.78, 5) is 28.3. The molecule has 2 amide bonds. The number of hydrogen-bond acceptors (Lipinski definition) is 3. The molecule has 2 aliphatic rings. The van der Waals surface area contributed by atoms with Crippen LogP contribution in [0.15, 0.2) is 0 Å². The molecule has 0 aromatic heterocycles. The largest absolute Gasteiger partial charge is 0.341 e. The van der Waals surface area contributed by atoms with Crippen molar-refractivity contribution in [3.05, 3.63) is 0 Å². The lowest BCUT2D eigenvalue weighted by Gasteiger charge is -2.44. The van der Waals surface area contributed by atoms with Crippen LogP contribution in [0.25, 0.3) is 0 Å². The van der Waals surface area contributed by atoms with Crippen molar-refractivity contribution in [3.63, 3.8) is 0 Å². The number of alkyl halides is 1. The molecule has 4 nitrogen and oxygen atoms in total. The molecular formula is C15H25ClN2O2S. The number of amides is 2. The monoisotopic (exact) mass is 332 g/mol. The molecule has 2 heterocycles. The molecule has 1 spiro atoms. The van der Waals surface area contributed by atoms with E-state index in [1.165, 1.54) is 0 Å². The molecule has 21 heavy (non-hydrogen) atoms. The fourth-order valence-corrected chi connectivity index (χ4v) is 4.77. The van der Waals surface area contributed by atoms with Gasteiger partial charge in [0.15, 0.2) is 0 Å². The van der Waals surface area contributed by atoms with Gasteiger partial charge in [-0.25, -0.2) is 0 Å². The van der Waals surface area contributed by atoms with Gasteiger partial charge in [0.2, 0.25) is 11.8 Å². The third-order valence-electron chi connectivity index (χ3n) is 4.26. The molecule has 2 fully saturated rings. The molecule has 0 radical (unpaired) electrons. The lowest BCUT2D eigenvalue weighted by atomic mass is 10.00. The summed E-state index contributed by atoms with van der Waals surface area (Å²) >= 11 is 7.77. The van der Waals surface area contributed by atoms with E-state index in [0.29, 0.717) is 25.4 Å². The van der Waals surface area contributed by atoms with Crippen LogP contribution in [0.1, 0.15) is 40.0 Å². The summed E-state index contributed by atoms with van der Waals surface area (Å²) in [7, 11) is 0. The van der Waals surface area contributed by atoms with E-state index in [9.17, 15) is 9.59 Å². The Morgan fingerprint density at radius 3 is 2.33 bits per heavy atom. The predicted molar refractivity (Wildman–Crippen MR) is 87.5 cm³/mol. The van der Waals surface area contributed by atoms with Gasteiger partial charge in [-0.2, -0.15) is 0 Å². The van der Waals surface area contributed by atoms with Crippen LogP contribution in [0.5, 0.6) is 0 Å². The second-order valence-corrected chi connectivity index (χ2v) is 8.49. The van der Waals surface area contributed by atoms with E-state index in [0.717, 1.165) is 25.1 Å². The molecule has 6 heteroatoms. The van der Waals surface area contributed by atoms with Crippen molar-refractivity contribution in [3.8, 4) is 0 Å². The highest BCUT2D eigenvalue weighted by Crippen LogP contribution is 2.44. The van der Waals surface area contributed by atoms with E-state index in [2.05, 4.69) is 18.7 Å². The van der Waals surface area contributed by atoms with Gasteiger partial charge < -0.3 is 9.80 Å². The molecule has 1 atom stereocenters. The summed E-state index contributed by atoms with van der Waals surface area (Å²) in [5.74, 6) is 1.66. The van der Waals surface area contributed by atoms with Crippen LogP contribution in [0.2, 0.25) is 0 Å². The van der Waals surface area contributed by atoms with Crippen molar-refractivity contribution in [2.75, 3.05) is 25.4 Å². The third kappa shape index (κ3) is 3.67. The summed E-state index contributed by atoms with van der Waals surface area (Å²) in [6.07, 6.45) is 2.33. The lowest BCUT2D eigenvalue weighted by Crippen LogP contribution is -2.54. The number of likely N-dealkylation sites (tertiary alicyclic amines) is 1. The zero-order valence-corrected chi connectivity index (χ0v) is 14.7. The van der Waals surface area contributed by atoms with Crippen LogP contribution in [-0.4, -0.2) is 57.2 Å². The molecule has 0 aliphatic carbocycles. The van der Waals surface area contributed by atoms with E-state index in [1.807, 2.05) is 16.7 Å². The van der Waals surface area contributed by atoms with Crippen LogP contribution in [0, 0.1) is 5.92 Å². The Morgan fingerprint density at radius 2 is 1.81 bits per heavy atom. The molecule has 2 aliphatic heterocycles. The average Bonchev–Trinajstić information content (AvgIpc) is 2.81. The van der Waals surface area contributed by atoms with Crippen LogP contribution in [-0.2, 0) is 9.59 Å². The molecule has 0 aromatic carbocycles. The number of halogens is 1. The Balaban J connectivity index is 2.00. The zero-order valence-electron chi connectivity index (χ0n) is 13.1. The second-order valence-electron chi connectivity index (χ2n) is 6.38. The molecule has 120 valence electrons. The summed E-state index contributed by atoms with van der Waals surface area (Å²) in [5.41, 5.74) is 0. The Bertz CT molecular complexity index is 406. The number of rotatable bonds is 3. The second kappa shape index (κ2) is 6.78. The topological polar surface area (TPSA) is 40.6 Å². The van der Waals surface area contributed by atoms with Crippen LogP contribution < -0.4 is 0 Å². The molecule has 2 saturated heterocycles. The highest BCUT2D eigenvalue weighted by molar-refractivity contribution is 8.00. The van der Waals surface area contributed by atoms with Crippen LogP contribution in [0.3, 0.4) is 0 Å². The summed E-state index contributed by atoms with van der Waals surface area (Å²) in [5, 5.41) is -0.464. The number of hydrogen-bond donors (Lipinski definition) is 0. The Hall–Kier alpha value is -0.420.